The van der Waals surface area contributed by atoms with E-state index in [1.165, 1.54) is 0 Å². The first-order valence-corrected chi connectivity index (χ1v) is 6.41. The summed E-state index contributed by atoms with van der Waals surface area (Å²) >= 11 is 5.71. The van der Waals surface area contributed by atoms with Gasteiger partial charge in [-0.25, -0.2) is 4.90 Å². The quantitative estimate of drug-likeness (QED) is 0.705. The molecule has 0 N–H and O–H groups in total. The molecular weight excluding hydrogens is 250 g/mol. The lowest BCUT2D eigenvalue weighted by molar-refractivity contribution is -0.124. The van der Waals surface area contributed by atoms with Gasteiger partial charge in [0, 0.05) is 15.8 Å². The minimum Gasteiger partial charge on any atom is -0.273 e. The van der Waals surface area contributed by atoms with Gasteiger partial charge >= 0.3 is 0 Å². The Kier molecular flexibility index (Phi) is 3.07. The standard InChI is InChI=1S/C10H8ClNO3S/c11-7-1-3-8(4-2-7)12-9(13)5-16(15)6-10(12)14/h1-4H,5-6H2. The summed E-state index contributed by atoms with van der Waals surface area (Å²) in [7, 11) is -1.37. The summed E-state index contributed by atoms with van der Waals surface area (Å²) < 4.78 is 11.1. The molecule has 0 radical (unpaired) electrons. The smallest absolute Gasteiger partial charge is 0.246 e. The Morgan fingerprint density at radius 3 is 2.06 bits per heavy atom. The van der Waals surface area contributed by atoms with E-state index in [0.717, 1.165) is 4.90 Å². The van der Waals surface area contributed by atoms with Crippen LogP contribution in [0.25, 0.3) is 0 Å². The molecule has 0 spiro atoms. The molecule has 0 bridgehead atoms. The van der Waals surface area contributed by atoms with E-state index in [4.69, 9.17) is 11.6 Å². The first-order valence-electron chi connectivity index (χ1n) is 4.54. The second-order valence-electron chi connectivity index (χ2n) is 3.33. The molecule has 0 aliphatic carbocycles. The van der Waals surface area contributed by atoms with E-state index in [2.05, 4.69) is 0 Å². The summed E-state index contributed by atoms with van der Waals surface area (Å²) in [6, 6.07) is 6.38. The van der Waals surface area contributed by atoms with Crippen molar-refractivity contribution in [1.29, 1.82) is 0 Å². The molecule has 1 aromatic carbocycles. The van der Waals surface area contributed by atoms with Gasteiger partial charge in [0.15, 0.2) is 0 Å². The Morgan fingerprint density at radius 1 is 1.06 bits per heavy atom. The maximum absolute atomic E-state index is 11.6. The first-order chi connectivity index (χ1) is 7.58. The fourth-order valence-electron chi connectivity index (χ4n) is 1.47. The Morgan fingerprint density at radius 2 is 1.56 bits per heavy atom. The number of hydrogen-bond donors (Lipinski definition) is 0. The van der Waals surface area contributed by atoms with Crippen LogP contribution in [-0.2, 0) is 20.4 Å². The molecule has 1 fully saturated rings. The van der Waals surface area contributed by atoms with E-state index in [1.807, 2.05) is 0 Å². The normalized spacial score (nSPS) is 17.9. The summed E-state index contributed by atoms with van der Waals surface area (Å²) in [5.41, 5.74) is 0.469. The summed E-state index contributed by atoms with van der Waals surface area (Å²) in [5, 5.41) is 0.532. The summed E-state index contributed by atoms with van der Waals surface area (Å²) in [6.45, 7) is 0. The van der Waals surface area contributed by atoms with Crippen LogP contribution < -0.4 is 4.90 Å². The maximum Gasteiger partial charge on any atom is 0.246 e. The number of carbonyl (C=O) groups is 2. The molecule has 0 unspecified atom stereocenters. The van der Waals surface area contributed by atoms with Gasteiger partial charge in [-0.05, 0) is 24.3 Å². The molecule has 6 heteroatoms. The molecule has 1 aliphatic heterocycles. The lowest BCUT2D eigenvalue weighted by Crippen LogP contribution is -2.47. The van der Waals surface area contributed by atoms with Gasteiger partial charge in [-0.15, -0.1) is 0 Å². The van der Waals surface area contributed by atoms with E-state index in [0.29, 0.717) is 10.7 Å². The molecule has 1 aromatic rings. The third-order valence-corrected chi connectivity index (χ3v) is 3.54. The predicted octanol–water partition coefficient (Wildman–Crippen LogP) is 0.962. The van der Waals surface area contributed by atoms with Crippen LogP contribution in [-0.4, -0.2) is 27.5 Å². The van der Waals surface area contributed by atoms with Crippen molar-refractivity contribution >= 4 is 39.9 Å². The van der Waals surface area contributed by atoms with Crippen molar-refractivity contribution in [1.82, 2.24) is 0 Å². The van der Waals surface area contributed by atoms with Gasteiger partial charge in [0.05, 0.1) is 5.69 Å². The number of amides is 2. The third-order valence-electron chi connectivity index (χ3n) is 2.15. The van der Waals surface area contributed by atoms with Gasteiger partial charge in [-0.3, -0.25) is 13.8 Å². The molecule has 84 valence electrons. The first kappa shape index (κ1) is 11.3. The molecule has 1 heterocycles. The third kappa shape index (κ3) is 2.15. The van der Waals surface area contributed by atoms with Gasteiger partial charge in [0.2, 0.25) is 11.8 Å². The average molecular weight is 258 g/mol. The zero-order valence-corrected chi connectivity index (χ0v) is 9.75. The Labute approximate surface area is 99.6 Å². The highest BCUT2D eigenvalue weighted by Gasteiger charge is 2.31. The topological polar surface area (TPSA) is 54.5 Å². The molecule has 16 heavy (non-hydrogen) atoms. The van der Waals surface area contributed by atoms with Crippen molar-refractivity contribution in [2.75, 3.05) is 16.4 Å². The van der Waals surface area contributed by atoms with Crippen LogP contribution in [0.4, 0.5) is 5.69 Å². The highest BCUT2D eigenvalue weighted by atomic mass is 35.5. The molecule has 4 nitrogen and oxygen atoms in total. The number of nitrogens with zero attached hydrogens (tertiary/aromatic N) is 1. The fraction of sp³-hybridized carbons (Fsp3) is 0.200. The second kappa shape index (κ2) is 4.35. The second-order valence-corrected chi connectivity index (χ2v) is 5.22. The van der Waals surface area contributed by atoms with Crippen LogP contribution >= 0.6 is 11.6 Å². The van der Waals surface area contributed by atoms with Crippen molar-refractivity contribution in [2.24, 2.45) is 0 Å². The van der Waals surface area contributed by atoms with Gasteiger partial charge in [-0.2, -0.15) is 0 Å². The zero-order chi connectivity index (χ0) is 11.7. The Hall–Kier alpha value is -1.20. The van der Waals surface area contributed by atoms with Crippen molar-refractivity contribution in [3.05, 3.63) is 29.3 Å². The van der Waals surface area contributed by atoms with Crippen LogP contribution in [0.5, 0.6) is 0 Å². The van der Waals surface area contributed by atoms with Crippen molar-refractivity contribution < 1.29 is 13.8 Å². The van der Waals surface area contributed by atoms with E-state index < -0.39 is 22.6 Å². The minimum absolute atomic E-state index is 0.103. The van der Waals surface area contributed by atoms with Gasteiger partial charge in [0.1, 0.15) is 11.5 Å². The lowest BCUT2D eigenvalue weighted by Gasteiger charge is -2.24. The molecule has 2 rings (SSSR count). The van der Waals surface area contributed by atoms with E-state index in [1.54, 1.807) is 24.3 Å². The molecule has 0 saturated carbocycles. The maximum atomic E-state index is 11.6. The minimum atomic E-state index is -1.37. The SMILES string of the molecule is O=C1CS(=O)CC(=O)N1c1ccc(Cl)cc1. The predicted molar refractivity (Wildman–Crippen MR) is 61.8 cm³/mol. The monoisotopic (exact) mass is 257 g/mol. The Balaban J connectivity index is 2.32. The van der Waals surface area contributed by atoms with Crippen LogP contribution in [0.15, 0.2) is 24.3 Å². The zero-order valence-electron chi connectivity index (χ0n) is 8.18. The van der Waals surface area contributed by atoms with Crippen LogP contribution in [0.2, 0.25) is 5.02 Å². The lowest BCUT2D eigenvalue weighted by atomic mass is 10.3. The molecular formula is C10H8ClNO3S. The molecule has 0 atom stereocenters. The summed E-state index contributed by atoms with van der Waals surface area (Å²) in [4.78, 5) is 24.2. The van der Waals surface area contributed by atoms with Crippen LogP contribution in [0.1, 0.15) is 0 Å². The largest absolute Gasteiger partial charge is 0.273 e. The van der Waals surface area contributed by atoms with Gasteiger partial charge in [-0.1, -0.05) is 11.6 Å². The highest BCUT2D eigenvalue weighted by Crippen LogP contribution is 2.20. The summed E-state index contributed by atoms with van der Waals surface area (Å²) in [5.74, 6) is -1.07. The number of halogens is 1. The summed E-state index contributed by atoms with van der Waals surface area (Å²) in [6.07, 6.45) is 0. The molecule has 2 amide bonds. The molecule has 0 aromatic heterocycles. The fourth-order valence-corrected chi connectivity index (χ4v) is 2.51. The van der Waals surface area contributed by atoms with Crippen molar-refractivity contribution in [3.63, 3.8) is 0 Å². The van der Waals surface area contributed by atoms with Crippen LogP contribution in [0, 0.1) is 0 Å². The van der Waals surface area contributed by atoms with Crippen molar-refractivity contribution in [2.45, 2.75) is 0 Å². The van der Waals surface area contributed by atoms with E-state index in [-0.39, 0.29) is 11.5 Å². The van der Waals surface area contributed by atoms with Gasteiger partial charge in [0.25, 0.3) is 0 Å². The van der Waals surface area contributed by atoms with E-state index >= 15 is 0 Å². The molecule has 1 saturated heterocycles. The van der Waals surface area contributed by atoms with E-state index in [9.17, 15) is 13.8 Å². The number of imide groups is 1. The highest BCUT2D eigenvalue weighted by molar-refractivity contribution is 7.86. The van der Waals surface area contributed by atoms with Crippen LogP contribution in [0.3, 0.4) is 0 Å². The number of carbonyl (C=O) groups excluding carboxylic acids is 2. The average Bonchev–Trinajstić information content (AvgIpc) is 2.19. The number of anilines is 1. The van der Waals surface area contributed by atoms with Crippen molar-refractivity contribution in [3.8, 4) is 0 Å². The number of rotatable bonds is 1. The molecule has 1 aliphatic rings. The van der Waals surface area contributed by atoms with Gasteiger partial charge < -0.3 is 0 Å². The Bertz CT molecular complexity index is 451. The number of hydrogen-bond acceptors (Lipinski definition) is 3. The number of benzene rings is 1.